The van der Waals surface area contributed by atoms with Crippen molar-refractivity contribution in [2.75, 3.05) is 19.7 Å². The largest absolute Gasteiger partial charge is 0.455 e. The number of halogens is 1. The first-order valence-electron chi connectivity index (χ1n) is 17.2. The van der Waals surface area contributed by atoms with Gasteiger partial charge in [-0.15, -0.1) is 0 Å². The van der Waals surface area contributed by atoms with Crippen LogP contribution in [0.3, 0.4) is 0 Å². The molecule has 260 valence electrons. The first-order chi connectivity index (χ1) is 23.7. The molecule has 2 aromatic rings. The number of allylic oxidation sites excluding steroid dienone is 1. The molecule has 6 rings (SSSR count). The van der Waals surface area contributed by atoms with Gasteiger partial charge in [0.15, 0.2) is 0 Å². The Morgan fingerprint density at radius 2 is 1.73 bits per heavy atom. The van der Waals surface area contributed by atoms with E-state index in [2.05, 4.69) is 28.2 Å². The number of benzene rings is 2. The molecule has 11 heteroatoms. The number of carbonyl (C=O) groups is 4. The number of amides is 3. The lowest BCUT2D eigenvalue weighted by atomic mass is 9.74. The Balaban J connectivity index is 1.46. The summed E-state index contributed by atoms with van der Waals surface area (Å²) in [5, 5.41) is 13.7. The van der Waals surface area contributed by atoms with Crippen LogP contribution >= 0.6 is 15.9 Å². The molecule has 2 saturated heterocycles. The van der Waals surface area contributed by atoms with E-state index in [1.54, 1.807) is 11.0 Å². The zero-order valence-electron chi connectivity index (χ0n) is 27.9. The topological polar surface area (TPSA) is 125 Å². The highest BCUT2D eigenvalue weighted by Gasteiger charge is 2.75. The standard InChI is InChI=1S/C38H44BrN3O7/c1-3-13-24(2)41-19-12-6-11-18-30(44)40-22-29(26-16-9-5-10-17-26)48-37(47)31-32-35(45)42(27(23-43)20-25-14-7-4-8-15-25)34(36(41)46)38(32)21-28(39)33(31)49-38/h4-10,12,14-17,21,24,27,29,31-34,43H,3,11,13,18-20,22-23H2,1-2H3,(H,40,44)/b12-6-/t24?,27-,29+,31+,32-,33+,34+,38-/m1/s1. The molecule has 0 radical (unpaired) electrons. The van der Waals surface area contributed by atoms with Crippen molar-refractivity contribution in [3.8, 4) is 0 Å². The van der Waals surface area contributed by atoms with E-state index in [0.717, 1.165) is 18.4 Å². The summed E-state index contributed by atoms with van der Waals surface area (Å²) < 4.78 is 13.4. The summed E-state index contributed by atoms with van der Waals surface area (Å²) in [6, 6.07) is 16.6. The minimum absolute atomic E-state index is 0.0521. The third-order valence-corrected chi connectivity index (χ3v) is 10.9. The van der Waals surface area contributed by atoms with Crippen molar-refractivity contribution in [1.29, 1.82) is 0 Å². The molecule has 1 spiro atoms. The molecule has 49 heavy (non-hydrogen) atoms. The summed E-state index contributed by atoms with van der Waals surface area (Å²) in [5.74, 6) is -3.73. The first kappa shape index (κ1) is 35.0. The Morgan fingerprint density at radius 3 is 2.43 bits per heavy atom. The average molecular weight is 735 g/mol. The molecule has 0 saturated carbocycles. The Bertz CT molecular complexity index is 1600. The molecular weight excluding hydrogens is 690 g/mol. The van der Waals surface area contributed by atoms with E-state index < -0.39 is 60.2 Å². The van der Waals surface area contributed by atoms with Crippen LogP contribution in [0.15, 0.2) is 83.4 Å². The highest BCUT2D eigenvalue weighted by molar-refractivity contribution is 9.11. The van der Waals surface area contributed by atoms with E-state index in [-0.39, 0.29) is 37.4 Å². The maximum absolute atomic E-state index is 15.1. The molecule has 4 heterocycles. The fourth-order valence-electron chi connectivity index (χ4n) is 7.88. The Hall–Kier alpha value is -3.80. The number of rotatable bonds is 8. The van der Waals surface area contributed by atoms with Crippen LogP contribution in [-0.4, -0.2) is 88.1 Å². The maximum Gasteiger partial charge on any atom is 0.313 e. The number of ether oxygens (including phenoxy) is 2. The molecule has 2 aromatic carbocycles. The smallest absolute Gasteiger partial charge is 0.313 e. The van der Waals surface area contributed by atoms with Gasteiger partial charge in [0.25, 0.3) is 0 Å². The molecule has 1 unspecified atom stereocenters. The van der Waals surface area contributed by atoms with Crippen LogP contribution in [0.2, 0.25) is 0 Å². The van der Waals surface area contributed by atoms with Gasteiger partial charge < -0.3 is 29.7 Å². The summed E-state index contributed by atoms with van der Waals surface area (Å²) >= 11 is 3.62. The number of carbonyl (C=O) groups excluding carboxylic acids is 4. The van der Waals surface area contributed by atoms with Crippen molar-refractivity contribution < 1.29 is 33.8 Å². The number of cyclic esters (lactones) is 1. The van der Waals surface area contributed by atoms with Crippen LogP contribution in [0, 0.1) is 11.8 Å². The number of fused-ring (bicyclic) bond motifs is 2. The van der Waals surface area contributed by atoms with Crippen LogP contribution in [-0.2, 0) is 35.1 Å². The molecule has 3 amide bonds. The molecule has 2 N–H and O–H groups in total. The van der Waals surface area contributed by atoms with Crippen molar-refractivity contribution in [3.63, 3.8) is 0 Å². The van der Waals surface area contributed by atoms with Crippen molar-refractivity contribution in [2.45, 2.75) is 81.9 Å². The van der Waals surface area contributed by atoms with E-state index in [1.807, 2.05) is 79.7 Å². The fourth-order valence-corrected chi connectivity index (χ4v) is 8.62. The number of aliphatic hydroxyl groups is 1. The second-order valence-electron chi connectivity index (χ2n) is 13.4. The number of likely N-dealkylation sites (tertiary alicyclic amines) is 1. The van der Waals surface area contributed by atoms with Crippen LogP contribution in [0.1, 0.15) is 56.8 Å². The normalized spacial score (nSPS) is 30.8. The first-order valence-corrected chi connectivity index (χ1v) is 18.0. The summed E-state index contributed by atoms with van der Waals surface area (Å²) in [6.07, 6.45) is 6.46. The van der Waals surface area contributed by atoms with E-state index >= 15 is 4.79 Å². The lowest BCUT2D eigenvalue weighted by Gasteiger charge is -2.40. The second kappa shape index (κ2) is 15.0. The Labute approximate surface area is 295 Å². The number of hydrogen-bond acceptors (Lipinski definition) is 7. The van der Waals surface area contributed by atoms with Gasteiger partial charge in [0, 0.05) is 23.5 Å². The van der Waals surface area contributed by atoms with Crippen LogP contribution in [0.4, 0.5) is 0 Å². The molecule has 5 bridgehead atoms. The molecule has 0 aromatic heterocycles. The van der Waals surface area contributed by atoms with Crippen LogP contribution < -0.4 is 5.32 Å². The Kier molecular flexibility index (Phi) is 10.7. The number of nitrogens with one attached hydrogen (secondary N) is 1. The third-order valence-electron chi connectivity index (χ3n) is 10.2. The number of aliphatic hydroxyl groups excluding tert-OH is 1. The zero-order valence-corrected chi connectivity index (χ0v) is 29.5. The van der Waals surface area contributed by atoms with Crippen LogP contribution in [0.5, 0.6) is 0 Å². The van der Waals surface area contributed by atoms with Gasteiger partial charge in [0.2, 0.25) is 17.7 Å². The van der Waals surface area contributed by atoms with E-state index in [4.69, 9.17) is 9.47 Å². The van der Waals surface area contributed by atoms with Crippen molar-refractivity contribution in [3.05, 3.63) is 94.5 Å². The predicted molar refractivity (Wildman–Crippen MR) is 186 cm³/mol. The molecule has 2 fully saturated rings. The molecule has 8 atom stereocenters. The van der Waals surface area contributed by atoms with Gasteiger partial charge in [-0.1, -0.05) is 102 Å². The Morgan fingerprint density at radius 1 is 1.02 bits per heavy atom. The molecule has 4 aliphatic heterocycles. The summed E-state index contributed by atoms with van der Waals surface area (Å²) in [6.45, 7) is 3.96. The maximum atomic E-state index is 15.1. The highest BCUT2D eigenvalue weighted by Crippen LogP contribution is 2.59. The monoisotopic (exact) mass is 733 g/mol. The summed E-state index contributed by atoms with van der Waals surface area (Å²) in [5.41, 5.74) is 0.122. The van der Waals surface area contributed by atoms with Gasteiger partial charge in [0.1, 0.15) is 29.8 Å². The third kappa shape index (κ3) is 6.72. The number of nitrogens with zero attached hydrogens (tertiary/aromatic N) is 2. The fraction of sp³-hybridized carbons (Fsp3) is 0.474. The van der Waals surface area contributed by atoms with Crippen molar-refractivity contribution in [1.82, 2.24) is 15.1 Å². The summed E-state index contributed by atoms with van der Waals surface area (Å²) in [4.78, 5) is 60.3. The predicted octanol–water partition coefficient (Wildman–Crippen LogP) is 4.23. The van der Waals surface area contributed by atoms with Gasteiger partial charge in [-0.2, -0.15) is 0 Å². The lowest BCUT2D eigenvalue weighted by Crippen LogP contribution is -2.60. The molecule has 10 nitrogen and oxygen atoms in total. The van der Waals surface area contributed by atoms with Gasteiger partial charge in [-0.25, -0.2) is 0 Å². The lowest BCUT2D eigenvalue weighted by molar-refractivity contribution is -0.160. The molecule has 0 aliphatic carbocycles. The molecular formula is C38H44BrN3O7. The van der Waals surface area contributed by atoms with E-state index in [1.165, 1.54) is 4.90 Å². The van der Waals surface area contributed by atoms with E-state index in [9.17, 15) is 19.5 Å². The minimum atomic E-state index is -1.47. The summed E-state index contributed by atoms with van der Waals surface area (Å²) in [7, 11) is 0. The van der Waals surface area contributed by atoms with Gasteiger partial charge in [-0.05, 0) is 43.4 Å². The molecule has 4 aliphatic rings. The van der Waals surface area contributed by atoms with Crippen molar-refractivity contribution >= 4 is 39.6 Å². The van der Waals surface area contributed by atoms with Crippen LogP contribution in [0.25, 0.3) is 0 Å². The van der Waals surface area contributed by atoms with E-state index in [0.29, 0.717) is 22.9 Å². The second-order valence-corrected chi connectivity index (χ2v) is 14.3. The SMILES string of the molecule is CCCC(C)N1C/C=C\CCC(=O)NC[C@@H](c2ccccc2)OC(=O)[C@@H]2[C@H]3O[C@@]4(C=C3Br)[C@H](C1=O)N([C@@H](CO)Cc1ccccc1)C(=O)[C@@H]24. The minimum Gasteiger partial charge on any atom is -0.455 e. The van der Waals surface area contributed by atoms with Gasteiger partial charge in [-0.3, -0.25) is 19.2 Å². The zero-order chi connectivity index (χ0) is 34.7. The quantitative estimate of drug-likeness (QED) is 0.308. The van der Waals surface area contributed by atoms with Crippen molar-refractivity contribution in [2.24, 2.45) is 11.8 Å². The number of esters is 1. The highest BCUT2D eigenvalue weighted by atomic mass is 79.9. The van der Waals surface area contributed by atoms with Gasteiger partial charge in [0.05, 0.1) is 25.1 Å². The number of hydrogen-bond donors (Lipinski definition) is 2. The van der Waals surface area contributed by atoms with Gasteiger partial charge >= 0.3 is 5.97 Å². The average Bonchev–Trinajstić information content (AvgIpc) is 3.70.